The van der Waals surface area contributed by atoms with Gasteiger partial charge in [0.25, 0.3) is 5.69 Å². The molecule has 8 nitrogen and oxygen atoms in total. The number of halogens is 3. The van der Waals surface area contributed by atoms with Crippen molar-refractivity contribution in [3.63, 3.8) is 0 Å². The Morgan fingerprint density at radius 2 is 1.87 bits per heavy atom. The molecule has 1 unspecified atom stereocenters. The van der Waals surface area contributed by atoms with E-state index in [4.69, 9.17) is 0 Å². The highest BCUT2D eigenvalue weighted by Crippen LogP contribution is 2.34. The van der Waals surface area contributed by atoms with Crippen molar-refractivity contribution in [1.82, 2.24) is 5.43 Å². The molecule has 0 bridgehead atoms. The number of aryl methyl sites for hydroxylation is 1. The Bertz CT molecular complexity index is 992. The maximum absolute atomic E-state index is 12.8. The Morgan fingerprint density at radius 1 is 1.20 bits per heavy atom. The third-order valence-corrected chi connectivity index (χ3v) is 4.68. The van der Waals surface area contributed by atoms with Crippen LogP contribution in [0, 0.1) is 23.0 Å². The molecule has 2 aromatic carbocycles. The van der Waals surface area contributed by atoms with Gasteiger partial charge in [0.05, 0.1) is 16.4 Å². The van der Waals surface area contributed by atoms with Crippen molar-refractivity contribution in [3.8, 4) is 0 Å². The van der Waals surface area contributed by atoms with Crippen molar-refractivity contribution < 1.29 is 27.7 Å². The average molecular weight is 422 g/mol. The van der Waals surface area contributed by atoms with Crippen LogP contribution in [0.25, 0.3) is 0 Å². The van der Waals surface area contributed by atoms with Gasteiger partial charge >= 0.3 is 6.18 Å². The van der Waals surface area contributed by atoms with E-state index in [1.165, 1.54) is 4.90 Å². The molecule has 1 aliphatic rings. The Hall–Kier alpha value is -3.63. The minimum absolute atomic E-state index is 0.0590. The van der Waals surface area contributed by atoms with E-state index < -0.39 is 34.2 Å². The summed E-state index contributed by atoms with van der Waals surface area (Å²) < 4.78 is 38.3. The Labute approximate surface area is 168 Å². The normalized spacial score (nSPS) is 16.5. The van der Waals surface area contributed by atoms with Crippen LogP contribution in [-0.2, 0) is 15.8 Å². The van der Waals surface area contributed by atoms with E-state index in [1.54, 1.807) is 12.1 Å². The van der Waals surface area contributed by atoms with E-state index in [-0.39, 0.29) is 24.6 Å². The Kier molecular flexibility index (Phi) is 5.63. The summed E-state index contributed by atoms with van der Waals surface area (Å²) in [7, 11) is 0. The van der Waals surface area contributed by atoms with Crippen LogP contribution in [0.2, 0.25) is 0 Å². The average Bonchev–Trinajstić information content (AvgIpc) is 3.07. The summed E-state index contributed by atoms with van der Waals surface area (Å²) in [5.74, 6) is -1.58. The third kappa shape index (κ3) is 4.50. The highest BCUT2D eigenvalue weighted by Gasteiger charge is 2.36. The number of nitro groups is 1. The van der Waals surface area contributed by atoms with Gasteiger partial charge in [-0.15, -0.1) is 0 Å². The van der Waals surface area contributed by atoms with Crippen LogP contribution in [-0.4, -0.2) is 23.3 Å². The fourth-order valence-electron chi connectivity index (χ4n) is 3.05. The minimum atomic E-state index is -4.74. The van der Waals surface area contributed by atoms with Gasteiger partial charge in [0.1, 0.15) is 5.69 Å². The monoisotopic (exact) mass is 422 g/mol. The third-order valence-electron chi connectivity index (χ3n) is 4.68. The topological polar surface area (TPSA) is 105 Å². The first-order chi connectivity index (χ1) is 14.1. The van der Waals surface area contributed by atoms with Gasteiger partial charge in [-0.25, -0.2) is 0 Å². The molecule has 1 saturated heterocycles. The summed E-state index contributed by atoms with van der Waals surface area (Å²) in [5, 5.41) is 11.1. The number of rotatable bonds is 5. The second kappa shape index (κ2) is 8.01. The lowest BCUT2D eigenvalue weighted by atomic mass is 10.1. The lowest BCUT2D eigenvalue weighted by molar-refractivity contribution is -0.384. The number of carbonyl (C=O) groups excluding carboxylic acids is 2. The van der Waals surface area contributed by atoms with Crippen molar-refractivity contribution in [2.24, 2.45) is 5.92 Å². The summed E-state index contributed by atoms with van der Waals surface area (Å²) in [6.45, 7) is 2.02. The zero-order chi connectivity index (χ0) is 22.1. The molecule has 0 spiro atoms. The number of alkyl halides is 3. The molecule has 11 heteroatoms. The van der Waals surface area contributed by atoms with Gasteiger partial charge in [-0.1, -0.05) is 17.7 Å². The van der Waals surface area contributed by atoms with Gasteiger partial charge in [-0.2, -0.15) is 13.2 Å². The van der Waals surface area contributed by atoms with Gasteiger partial charge < -0.3 is 4.90 Å². The van der Waals surface area contributed by atoms with Crippen LogP contribution in [0.15, 0.2) is 42.5 Å². The zero-order valence-corrected chi connectivity index (χ0v) is 15.7. The Morgan fingerprint density at radius 3 is 2.47 bits per heavy atom. The van der Waals surface area contributed by atoms with Crippen molar-refractivity contribution in [2.75, 3.05) is 16.9 Å². The maximum atomic E-state index is 12.8. The second-order valence-corrected chi connectivity index (χ2v) is 6.84. The van der Waals surface area contributed by atoms with E-state index >= 15 is 0 Å². The molecule has 158 valence electrons. The van der Waals surface area contributed by atoms with Crippen LogP contribution in [0.4, 0.5) is 30.2 Å². The summed E-state index contributed by atoms with van der Waals surface area (Å²) in [4.78, 5) is 36.2. The molecule has 1 atom stereocenters. The van der Waals surface area contributed by atoms with Crippen LogP contribution in [0.5, 0.6) is 0 Å². The zero-order valence-electron chi connectivity index (χ0n) is 15.7. The number of nitro benzene ring substituents is 1. The quantitative estimate of drug-likeness (QED) is 0.568. The molecule has 3 rings (SSSR count). The summed E-state index contributed by atoms with van der Waals surface area (Å²) in [6, 6.07) is 9.10. The number of nitrogens with zero attached hydrogens (tertiary/aromatic N) is 2. The van der Waals surface area contributed by atoms with Crippen molar-refractivity contribution >= 4 is 28.9 Å². The lowest BCUT2D eigenvalue weighted by Gasteiger charge is -2.17. The smallest absolute Gasteiger partial charge is 0.312 e. The van der Waals surface area contributed by atoms with E-state index in [0.29, 0.717) is 17.8 Å². The van der Waals surface area contributed by atoms with Crippen LogP contribution >= 0.6 is 0 Å². The number of nitrogens with one attached hydrogen (secondary N) is 2. The molecular formula is C19H17F3N4O4. The maximum Gasteiger partial charge on any atom is 0.416 e. The molecule has 1 aliphatic heterocycles. The van der Waals surface area contributed by atoms with Crippen molar-refractivity contribution in [3.05, 3.63) is 63.7 Å². The predicted octanol–water partition coefficient (Wildman–Crippen LogP) is 3.42. The van der Waals surface area contributed by atoms with Gasteiger partial charge in [0.15, 0.2) is 0 Å². The van der Waals surface area contributed by atoms with Crippen LogP contribution in [0.3, 0.4) is 0 Å². The molecule has 0 saturated carbocycles. The highest BCUT2D eigenvalue weighted by atomic mass is 19.4. The first-order valence-electron chi connectivity index (χ1n) is 8.85. The van der Waals surface area contributed by atoms with E-state index in [9.17, 15) is 32.9 Å². The molecule has 1 fully saturated rings. The number of carbonyl (C=O) groups is 2. The predicted molar refractivity (Wildman–Crippen MR) is 102 cm³/mol. The van der Waals surface area contributed by atoms with E-state index in [1.807, 2.05) is 19.1 Å². The molecule has 30 heavy (non-hydrogen) atoms. The number of hydrogen-bond donors (Lipinski definition) is 2. The molecule has 0 radical (unpaired) electrons. The standard InChI is InChI=1S/C19H17F3N4O4/c1-11-2-5-14(6-3-11)25-10-12(8-17(25)27)18(28)24-23-15-7-4-13(19(20,21)22)9-16(15)26(29)30/h2-7,9,12,23H,8,10H2,1H3,(H,24,28). The summed E-state index contributed by atoms with van der Waals surface area (Å²) >= 11 is 0. The molecule has 1 heterocycles. The first kappa shape index (κ1) is 21.1. The highest BCUT2D eigenvalue weighted by molar-refractivity contribution is 6.00. The Balaban J connectivity index is 1.68. The van der Waals surface area contributed by atoms with Crippen LogP contribution < -0.4 is 15.8 Å². The fourth-order valence-corrected chi connectivity index (χ4v) is 3.05. The van der Waals surface area contributed by atoms with Gasteiger partial charge in [0, 0.05) is 24.7 Å². The number of hydrogen-bond acceptors (Lipinski definition) is 5. The number of amides is 2. The molecule has 2 aromatic rings. The summed E-state index contributed by atoms with van der Waals surface area (Å²) in [6.07, 6.45) is -4.80. The van der Waals surface area contributed by atoms with Crippen molar-refractivity contribution in [2.45, 2.75) is 19.5 Å². The number of benzene rings is 2. The van der Waals surface area contributed by atoms with Gasteiger partial charge in [-0.3, -0.25) is 30.6 Å². The lowest BCUT2D eigenvalue weighted by Crippen LogP contribution is -2.36. The van der Waals surface area contributed by atoms with Crippen LogP contribution in [0.1, 0.15) is 17.5 Å². The molecule has 2 N–H and O–H groups in total. The van der Waals surface area contributed by atoms with Gasteiger partial charge in [0.2, 0.25) is 11.8 Å². The largest absolute Gasteiger partial charge is 0.416 e. The minimum Gasteiger partial charge on any atom is -0.312 e. The fraction of sp³-hybridized carbons (Fsp3) is 0.263. The summed E-state index contributed by atoms with van der Waals surface area (Å²) in [5.41, 5.74) is 3.87. The number of anilines is 2. The molecule has 0 aliphatic carbocycles. The second-order valence-electron chi connectivity index (χ2n) is 6.84. The first-order valence-corrected chi connectivity index (χ1v) is 8.85. The van der Waals surface area contributed by atoms with Gasteiger partial charge in [-0.05, 0) is 31.2 Å². The van der Waals surface area contributed by atoms with E-state index in [0.717, 1.165) is 11.6 Å². The van der Waals surface area contributed by atoms with Crippen molar-refractivity contribution in [1.29, 1.82) is 0 Å². The molecular weight excluding hydrogens is 405 g/mol. The molecule has 0 aromatic heterocycles. The van der Waals surface area contributed by atoms with E-state index in [2.05, 4.69) is 10.9 Å². The SMILES string of the molecule is Cc1ccc(N2CC(C(=O)NNc3ccc(C(F)(F)F)cc3[N+](=O)[O-])CC2=O)cc1. The number of hydrazine groups is 1. The molecule has 2 amide bonds.